The highest BCUT2D eigenvalue weighted by Crippen LogP contribution is 2.38. The highest BCUT2D eigenvalue weighted by atomic mass is 28.4. The normalized spacial score (nSPS) is 26.8. The van der Waals surface area contributed by atoms with Crippen molar-refractivity contribution in [2.24, 2.45) is 0 Å². The minimum atomic E-state index is -1.91. The van der Waals surface area contributed by atoms with Gasteiger partial charge in [-0.25, -0.2) is 0 Å². The molecule has 0 bridgehead atoms. The van der Waals surface area contributed by atoms with E-state index in [2.05, 4.69) is 33.9 Å². The van der Waals surface area contributed by atoms with Gasteiger partial charge in [0.1, 0.15) is 12.2 Å². The lowest BCUT2D eigenvalue weighted by Gasteiger charge is -2.40. The Labute approximate surface area is 99.0 Å². The largest absolute Gasteiger partial charge is 0.495 e. The van der Waals surface area contributed by atoms with Crippen molar-refractivity contribution in [2.75, 3.05) is 0 Å². The first-order valence-corrected chi connectivity index (χ1v) is 8.59. The first-order valence-electron chi connectivity index (χ1n) is 5.69. The van der Waals surface area contributed by atoms with E-state index in [-0.39, 0.29) is 16.9 Å². The molecule has 2 atom stereocenters. The second kappa shape index (κ2) is 4.34. The third kappa shape index (κ3) is 2.74. The highest BCUT2D eigenvalue weighted by Gasteiger charge is 2.42. The number of carbonyl (C=O) groups is 1. The second-order valence-corrected chi connectivity index (χ2v) is 10.6. The van der Waals surface area contributed by atoms with Crippen LogP contribution >= 0.6 is 0 Å². The molecule has 0 radical (unpaired) electrons. The molecular weight excluding hydrogens is 220 g/mol. The molecule has 16 heavy (non-hydrogen) atoms. The van der Waals surface area contributed by atoms with Gasteiger partial charge in [-0.05, 0) is 25.1 Å². The van der Waals surface area contributed by atoms with Gasteiger partial charge in [-0.3, -0.25) is 4.79 Å². The Morgan fingerprint density at radius 1 is 1.38 bits per heavy atom. The van der Waals surface area contributed by atoms with E-state index >= 15 is 0 Å². The van der Waals surface area contributed by atoms with Crippen LogP contribution in [-0.4, -0.2) is 26.3 Å². The van der Waals surface area contributed by atoms with Crippen molar-refractivity contribution in [3.8, 4) is 0 Å². The van der Waals surface area contributed by atoms with E-state index in [0.717, 1.165) is 0 Å². The standard InChI is InChI=1S/C12H22O3Si/c1-9-11(10(13)7-8-14-9)15-16(5,6)12(2,3)4/h7-9,11H,1-6H3/t9-,11-/m1/s1. The minimum absolute atomic E-state index is 0.0172. The van der Waals surface area contributed by atoms with Crippen LogP contribution in [0.25, 0.3) is 0 Å². The van der Waals surface area contributed by atoms with Crippen LogP contribution in [0, 0.1) is 0 Å². The molecule has 4 heteroatoms. The second-order valence-electron chi connectivity index (χ2n) is 5.85. The highest BCUT2D eigenvalue weighted by molar-refractivity contribution is 6.74. The van der Waals surface area contributed by atoms with Crippen LogP contribution in [0.1, 0.15) is 27.7 Å². The van der Waals surface area contributed by atoms with Crippen LogP contribution in [-0.2, 0) is 14.0 Å². The molecule has 0 saturated carbocycles. The summed E-state index contributed by atoms with van der Waals surface area (Å²) >= 11 is 0. The lowest BCUT2D eigenvalue weighted by atomic mass is 10.1. The molecule has 0 saturated heterocycles. The van der Waals surface area contributed by atoms with Crippen molar-refractivity contribution in [1.29, 1.82) is 0 Å². The average Bonchev–Trinajstić information content (AvgIpc) is 2.10. The van der Waals surface area contributed by atoms with Crippen LogP contribution in [0.2, 0.25) is 18.1 Å². The van der Waals surface area contributed by atoms with E-state index in [1.165, 1.54) is 12.3 Å². The van der Waals surface area contributed by atoms with Crippen molar-refractivity contribution < 1.29 is 14.0 Å². The van der Waals surface area contributed by atoms with Crippen LogP contribution < -0.4 is 0 Å². The van der Waals surface area contributed by atoms with E-state index in [0.29, 0.717) is 0 Å². The predicted molar refractivity (Wildman–Crippen MR) is 66.8 cm³/mol. The van der Waals surface area contributed by atoms with Gasteiger partial charge in [-0.1, -0.05) is 20.8 Å². The zero-order chi connectivity index (χ0) is 12.6. The van der Waals surface area contributed by atoms with E-state index in [1.807, 2.05) is 6.92 Å². The van der Waals surface area contributed by atoms with Gasteiger partial charge in [0.05, 0.1) is 6.26 Å². The summed E-state index contributed by atoms with van der Waals surface area (Å²) < 4.78 is 11.4. The van der Waals surface area contributed by atoms with Gasteiger partial charge in [0.25, 0.3) is 0 Å². The van der Waals surface area contributed by atoms with Crippen LogP contribution in [0.15, 0.2) is 12.3 Å². The summed E-state index contributed by atoms with van der Waals surface area (Å²) in [5, 5.41) is 0.105. The van der Waals surface area contributed by atoms with Crippen molar-refractivity contribution in [1.82, 2.24) is 0 Å². The summed E-state index contributed by atoms with van der Waals surface area (Å²) in [4.78, 5) is 11.7. The smallest absolute Gasteiger partial charge is 0.193 e. The molecule has 3 nitrogen and oxygen atoms in total. The molecule has 0 spiro atoms. The monoisotopic (exact) mass is 242 g/mol. The zero-order valence-corrected chi connectivity index (χ0v) is 12.0. The Balaban J connectivity index is 2.80. The molecule has 1 aliphatic heterocycles. The van der Waals surface area contributed by atoms with Crippen LogP contribution in [0.5, 0.6) is 0 Å². The Hall–Kier alpha value is -0.613. The molecule has 0 aromatic rings. The number of ketones is 1. The van der Waals surface area contributed by atoms with Gasteiger partial charge in [0.15, 0.2) is 14.1 Å². The maximum atomic E-state index is 11.7. The van der Waals surface area contributed by atoms with Gasteiger partial charge in [0, 0.05) is 6.08 Å². The summed E-state index contributed by atoms with van der Waals surface area (Å²) in [6, 6.07) is 0. The topological polar surface area (TPSA) is 35.5 Å². The number of ether oxygens (including phenoxy) is 1. The number of carbonyl (C=O) groups excluding carboxylic acids is 1. The molecule has 0 aliphatic carbocycles. The van der Waals surface area contributed by atoms with Gasteiger partial charge >= 0.3 is 0 Å². The molecule has 0 aromatic carbocycles. The van der Waals surface area contributed by atoms with Gasteiger partial charge in [-0.15, -0.1) is 0 Å². The van der Waals surface area contributed by atoms with Crippen LogP contribution in [0.4, 0.5) is 0 Å². The fourth-order valence-electron chi connectivity index (χ4n) is 1.28. The van der Waals surface area contributed by atoms with E-state index in [4.69, 9.17) is 9.16 Å². The Kier molecular flexibility index (Phi) is 3.64. The minimum Gasteiger partial charge on any atom is -0.495 e. The molecule has 1 aliphatic rings. The molecule has 0 fully saturated rings. The van der Waals surface area contributed by atoms with Crippen molar-refractivity contribution in [2.45, 2.75) is 58.0 Å². The third-order valence-corrected chi connectivity index (χ3v) is 7.92. The van der Waals surface area contributed by atoms with E-state index < -0.39 is 14.4 Å². The van der Waals surface area contributed by atoms with Gasteiger partial charge < -0.3 is 9.16 Å². The van der Waals surface area contributed by atoms with Gasteiger partial charge in [-0.2, -0.15) is 0 Å². The maximum Gasteiger partial charge on any atom is 0.193 e. The zero-order valence-electron chi connectivity index (χ0n) is 11.0. The Morgan fingerprint density at radius 3 is 2.38 bits per heavy atom. The lowest BCUT2D eigenvalue weighted by molar-refractivity contribution is -0.128. The molecule has 0 aromatic heterocycles. The number of hydrogen-bond acceptors (Lipinski definition) is 3. The SMILES string of the molecule is C[C@H]1OC=CC(=O)[C@@H]1O[Si](C)(C)C(C)(C)C. The Bertz CT molecular complexity index is 302. The number of hydrogen-bond donors (Lipinski definition) is 0. The fraction of sp³-hybridized carbons (Fsp3) is 0.750. The van der Waals surface area contributed by atoms with Gasteiger partial charge in [0.2, 0.25) is 0 Å². The first kappa shape index (κ1) is 13.5. The van der Waals surface area contributed by atoms with Crippen molar-refractivity contribution in [3.63, 3.8) is 0 Å². The molecule has 0 unspecified atom stereocenters. The summed E-state index contributed by atoms with van der Waals surface area (Å²) in [7, 11) is -1.91. The summed E-state index contributed by atoms with van der Waals surface area (Å²) in [6.45, 7) is 12.6. The molecule has 0 amide bonds. The Morgan fingerprint density at radius 2 is 1.94 bits per heavy atom. The summed E-state index contributed by atoms with van der Waals surface area (Å²) in [5.41, 5.74) is 0. The third-order valence-electron chi connectivity index (χ3n) is 3.46. The lowest BCUT2D eigenvalue weighted by Crippen LogP contribution is -2.50. The molecule has 1 rings (SSSR count). The maximum absolute atomic E-state index is 11.7. The molecule has 1 heterocycles. The van der Waals surface area contributed by atoms with Crippen molar-refractivity contribution in [3.05, 3.63) is 12.3 Å². The molecule has 92 valence electrons. The fourth-order valence-corrected chi connectivity index (χ4v) is 2.57. The van der Waals surface area contributed by atoms with E-state index in [1.54, 1.807) is 0 Å². The number of rotatable bonds is 2. The molecular formula is C12H22O3Si. The molecule has 0 N–H and O–H groups in total. The summed E-state index contributed by atoms with van der Waals surface area (Å²) in [5.74, 6) is 0.0172. The predicted octanol–water partition coefficient (Wildman–Crippen LogP) is 2.88. The van der Waals surface area contributed by atoms with Crippen molar-refractivity contribution >= 4 is 14.1 Å². The quantitative estimate of drug-likeness (QED) is 0.698. The van der Waals surface area contributed by atoms with Crippen LogP contribution in [0.3, 0.4) is 0 Å². The van der Waals surface area contributed by atoms with E-state index in [9.17, 15) is 4.79 Å². The first-order chi connectivity index (χ1) is 7.15. The summed E-state index contributed by atoms with van der Waals surface area (Å²) in [6.07, 6.45) is 2.29. The average molecular weight is 242 g/mol.